The first-order chi connectivity index (χ1) is 7.34. The molecule has 2 rings (SSSR count). The molecule has 0 nitrogen and oxygen atoms in total. The molecule has 88 valence electrons. The van der Waals surface area contributed by atoms with Crippen LogP contribution in [0, 0.1) is 5.82 Å². The Labute approximate surface area is 89.1 Å². The molecule has 5 heteroatoms. The number of hydrogen-bond donors (Lipinski definition) is 0. The van der Waals surface area contributed by atoms with Crippen LogP contribution in [0.2, 0.25) is 0 Å². The van der Waals surface area contributed by atoms with Crippen LogP contribution < -0.4 is 0 Å². The van der Waals surface area contributed by atoms with Crippen LogP contribution in [0.4, 0.5) is 22.0 Å². The predicted octanol–water partition coefficient (Wildman–Crippen LogP) is 3.89. The summed E-state index contributed by atoms with van der Waals surface area (Å²) in [5.41, 5.74) is -3.65. The minimum atomic E-state index is -4.94. The fourth-order valence-corrected chi connectivity index (χ4v) is 2.11. The Morgan fingerprint density at radius 1 is 1.19 bits per heavy atom. The highest BCUT2D eigenvalue weighted by molar-refractivity contribution is 5.36. The molecule has 0 aliphatic heterocycles. The fourth-order valence-electron chi connectivity index (χ4n) is 2.11. The second-order valence-corrected chi connectivity index (χ2v) is 3.95. The second kappa shape index (κ2) is 3.43. The van der Waals surface area contributed by atoms with Gasteiger partial charge in [0.1, 0.15) is 5.82 Å². The van der Waals surface area contributed by atoms with Crippen molar-refractivity contribution in [2.75, 3.05) is 0 Å². The van der Waals surface area contributed by atoms with Crippen LogP contribution in [-0.2, 0) is 12.1 Å². The molecule has 0 radical (unpaired) electrons. The predicted molar refractivity (Wildman–Crippen MR) is 48.2 cm³/mol. The van der Waals surface area contributed by atoms with Gasteiger partial charge in [0.25, 0.3) is 0 Å². The van der Waals surface area contributed by atoms with Gasteiger partial charge in [-0.25, -0.2) is 8.78 Å². The molecule has 0 saturated carbocycles. The van der Waals surface area contributed by atoms with Gasteiger partial charge in [-0.15, -0.1) is 0 Å². The molecular weight excluding hydrogens is 227 g/mol. The molecular formula is C11H9F5. The van der Waals surface area contributed by atoms with Gasteiger partial charge in [-0.3, -0.25) is 0 Å². The summed E-state index contributed by atoms with van der Waals surface area (Å²) in [6.45, 7) is 0. The minimum absolute atomic E-state index is 0.0759. The quantitative estimate of drug-likeness (QED) is 0.599. The van der Waals surface area contributed by atoms with E-state index in [9.17, 15) is 22.0 Å². The number of aryl methyl sites for hydroxylation is 1. The zero-order valence-corrected chi connectivity index (χ0v) is 8.24. The van der Waals surface area contributed by atoms with Crippen molar-refractivity contribution in [2.45, 2.75) is 31.1 Å². The van der Waals surface area contributed by atoms with Crippen LogP contribution in [0.25, 0.3) is 0 Å². The molecule has 0 amide bonds. The lowest BCUT2D eigenvalue weighted by Gasteiger charge is -2.33. The van der Waals surface area contributed by atoms with Crippen molar-refractivity contribution < 1.29 is 22.0 Å². The number of fused-ring (bicyclic) bond motifs is 1. The van der Waals surface area contributed by atoms with Gasteiger partial charge in [0.2, 0.25) is 5.67 Å². The maximum Gasteiger partial charge on any atom is 0.426 e. The second-order valence-electron chi connectivity index (χ2n) is 3.95. The Bertz CT molecular complexity index is 409. The molecule has 0 saturated heterocycles. The van der Waals surface area contributed by atoms with Gasteiger partial charge < -0.3 is 0 Å². The van der Waals surface area contributed by atoms with Crippen molar-refractivity contribution in [1.82, 2.24) is 0 Å². The summed E-state index contributed by atoms with van der Waals surface area (Å²) in [5.74, 6) is -0.634. The Morgan fingerprint density at radius 2 is 1.88 bits per heavy atom. The van der Waals surface area contributed by atoms with Gasteiger partial charge >= 0.3 is 6.18 Å². The summed E-state index contributed by atoms with van der Waals surface area (Å²) >= 11 is 0. The van der Waals surface area contributed by atoms with Gasteiger partial charge in [0.05, 0.1) is 0 Å². The Kier molecular flexibility index (Phi) is 2.44. The molecule has 1 aromatic carbocycles. The highest BCUT2D eigenvalue weighted by atomic mass is 19.4. The summed E-state index contributed by atoms with van der Waals surface area (Å²) in [6.07, 6.45) is -5.17. The SMILES string of the molecule is Fc1ccc2c(c1)CCCC2(F)C(F)(F)F. The first kappa shape index (κ1) is 11.4. The van der Waals surface area contributed by atoms with Crippen LogP contribution in [0.15, 0.2) is 18.2 Å². The van der Waals surface area contributed by atoms with E-state index in [0.717, 1.165) is 18.2 Å². The van der Waals surface area contributed by atoms with Gasteiger partial charge in [-0.05, 0) is 37.0 Å². The average Bonchev–Trinajstić information content (AvgIpc) is 2.15. The van der Waals surface area contributed by atoms with E-state index in [1.807, 2.05) is 0 Å². The summed E-state index contributed by atoms with van der Waals surface area (Å²) < 4.78 is 64.7. The molecule has 0 aromatic heterocycles. The smallest absolute Gasteiger partial charge is 0.229 e. The number of hydrogen-bond acceptors (Lipinski definition) is 0. The van der Waals surface area contributed by atoms with Crippen LogP contribution in [-0.4, -0.2) is 6.18 Å². The minimum Gasteiger partial charge on any atom is -0.229 e. The first-order valence-corrected chi connectivity index (χ1v) is 4.89. The fraction of sp³-hybridized carbons (Fsp3) is 0.455. The number of benzene rings is 1. The zero-order chi connectivity index (χ0) is 12.0. The monoisotopic (exact) mass is 236 g/mol. The standard InChI is InChI=1S/C11H9F5/c12-8-3-4-9-7(6-8)2-1-5-10(9,13)11(14,15)16/h3-4,6H,1-2,5H2. The van der Waals surface area contributed by atoms with Crippen molar-refractivity contribution in [3.05, 3.63) is 35.1 Å². The van der Waals surface area contributed by atoms with E-state index in [2.05, 4.69) is 0 Å². The molecule has 0 spiro atoms. The maximum atomic E-state index is 14.0. The molecule has 1 aliphatic carbocycles. The Hall–Kier alpha value is -1.13. The number of rotatable bonds is 0. The van der Waals surface area contributed by atoms with Crippen molar-refractivity contribution in [3.63, 3.8) is 0 Å². The molecule has 16 heavy (non-hydrogen) atoms. The molecule has 1 aliphatic rings. The van der Waals surface area contributed by atoms with Crippen LogP contribution in [0.1, 0.15) is 24.0 Å². The van der Waals surface area contributed by atoms with Gasteiger partial charge in [0, 0.05) is 5.56 Å². The van der Waals surface area contributed by atoms with E-state index in [-0.39, 0.29) is 18.4 Å². The lowest BCUT2D eigenvalue weighted by Crippen LogP contribution is -2.41. The number of alkyl halides is 4. The molecule has 0 heterocycles. The molecule has 0 bridgehead atoms. The number of halogens is 5. The highest BCUT2D eigenvalue weighted by Crippen LogP contribution is 2.49. The van der Waals surface area contributed by atoms with Crippen LogP contribution in [0.3, 0.4) is 0 Å². The van der Waals surface area contributed by atoms with Crippen molar-refractivity contribution in [1.29, 1.82) is 0 Å². The van der Waals surface area contributed by atoms with E-state index >= 15 is 0 Å². The Morgan fingerprint density at radius 3 is 2.50 bits per heavy atom. The highest BCUT2D eigenvalue weighted by Gasteiger charge is 2.58. The molecule has 1 aromatic rings. The van der Waals surface area contributed by atoms with E-state index in [4.69, 9.17) is 0 Å². The molecule has 0 fully saturated rings. The third kappa shape index (κ3) is 1.58. The summed E-state index contributed by atoms with van der Waals surface area (Å²) in [5, 5.41) is 0. The lowest BCUT2D eigenvalue weighted by molar-refractivity contribution is -0.240. The van der Waals surface area contributed by atoms with E-state index in [1.165, 1.54) is 0 Å². The van der Waals surface area contributed by atoms with Crippen molar-refractivity contribution >= 4 is 0 Å². The van der Waals surface area contributed by atoms with Crippen LogP contribution >= 0.6 is 0 Å². The third-order valence-electron chi connectivity index (χ3n) is 2.91. The third-order valence-corrected chi connectivity index (χ3v) is 2.91. The summed E-state index contributed by atoms with van der Waals surface area (Å²) in [6, 6.07) is 2.75. The molecule has 1 unspecified atom stereocenters. The zero-order valence-electron chi connectivity index (χ0n) is 8.24. The first-order valence-electron chi connectivity index (χ1n) is 4.89. The maximum absolute atomic E-state index is 14.0. The molecule has 1 atom stereocenters. The van der Waals surface area contributed by atoms with Gasteiger partial charge in [-0.2, -0.15) is 13.2 Å². The average molecular weight is 236 g/mol. The van der Waals surface area contributed by atoms with Crippen molar-refractivity contribution in [3.8, 4) is 0 Å². The van der Waals surface area contributed by atoms with E-state index < -0.39 is 29.6 Å². The van der Waals surface area contributed by atoms with E-state index in [1.54, 1.807) is 0 Å². The van der Waals surface area contributed by atoms with E-state index in [0.29, 0.717) is 0 Å². The largest absolute Gasteiger partial charge is 0.426 e. The Balaban J connectivity index is 2.56. The van der Waals surface area contributed by atoms with Crippen molar-refractivity contribution in [2.24, 2.45) is 0 Å². The normalized spacial score (nSPS) is 25.3. The lowest BCUT2D eigenvalue weighted by atomic mass is 9.80. The topological polar surface area (TPSA) is 0 Å². The molecule has 0 N–H and O–H groups in total. The van der Waals surface area contributed by atoms with Gasteiger partial charge in [-0.1, -0.05) is 6.07 Å². The van der Waals surface area contributed by atoms with Crippen LogP contribution in [0.5, 0.6) is 0 Å². The van der Waals surface area contributed by atoms with Gasteiger partial charge in [0.15, 0.2) is 0 Å². The summed E-state index contributed by atoms with van der Waals surface area (Å²) in [7, 11) is 0. The summed E-state index contributed by atoms with van der Waals surface area (Å²) in [4.78, 5) is 0.